The molecule has 0 fully saturated rings. The zero-order chi connectivity index (χ0) is 11.3. The second kappa shape index (κ2) is 5.38. The van der Waals surface area contributed by atoms with Gasteiger partial charge in [-0.25, -0.2) is 0 Å². The molecule has 0 atom stereocenters. The van der Waals surface area contributed by atoms with E-state index in [4.69, 9.17) is 13.7 Å². The van der Waals surface area contributed by atoms with E-state index in [-0.39, 0.29) is 0 Å². The van der Waals surface area contributed by atoms with E-state index < -0.39 is 20.1 Å². The lowest BCUT2D eigenvalue weighted by atomic mass is 10.1. The summed E-state index contributed by atoms with van der Waals surface area (Å²) in [7, 11) is 0. The van der Waals surface area contributed by atoms with E-state index >= 15 is 0 Å². The first kappa shape index (κ1) is 12.3. The highest BCUT2D eigenvalue weighted by Gasteiger charge is 2.11. The number of fused-ring (bicyclic) bond motifs is 1. The molecule has 0 saturated heterocycles. The molecule has 0 spiro atoms. The maximum Gasteiger partial charge on any atom is 0.368 e. The van der Waals surface area contributed by atoms with E-state index in [9.17, 15) is 0 Å². The second-order valence-electron chi connectivity index (χ2n) is 2.74. The third-order valence-corrected chi connectivity index (χ3v) is 1.66. The van der Waals surface area contributed by atoms with Gasteiger partial charge in [0.15, 0.2) is 0 Å². The van der Waals surface area contributed by atoms with Crippen LogP contribution in [0.2, 0.25) is 0 Å². The minimum absolute atomic E-state index is 1.31. The summed E-state index contributed by atoms with van der Waals surface area (Å²) >= 11 is -5.69. The first-order valence-corrected chi connectivity index (χ1v) is 7.64. The summed E-state index contributed by atoms with van der Waals surface area (Å²) in [5.41, 5.74) is 0. The molecule has 4 nitrogen and oxygen atoms in total. The van der Waals surface area contributed by atoms with Crippen LogP contribution in [0.4, 0.5) is 0 Å². The van der Waals surface area contributed by atoms with Crippen LogP contribution in [-0.4, -0.2) is 3.44 Å². The zero-order valence-corrected chi connectivity index (χ0v) is 9.83. The number of hydrogen-bond acceptors (Lipinski definition) is 4. The molecule has 2 aromatic rings. The van der Waals surface area contributed by atoms with Gasteiger partial charge in [-0.15, -0.1) is 0 Å². The predicted octanol–water partition coefficient (Wildman–Crippen LogP) is -4.28. The lowest BCUT2D eigenvalue weighted by Crippen LogP contribution is -4.23. The van der Waals surface area contributed by atoms with Gasteiger partial charge in [0.1, 0.15) is 0 Å². The molecular formula is C10H9IO4. The Morgan fingerprint density at radius 3 is 1.13 bits per heavy atom. The van der Waals surface area contributed by atoms with Crippen molar-refractivity contribution in [3.8, 4) is 0 Å². The first-order chi connectivity index (χ1) is 6.97. The smallest absolute Gasteiger partial charge is 0.256 e. The van der Waals surface area contributed by atoms with E-state index in [1.165, 1.54) is 10.8 Å². The summed E-state index contributed by atoms with van der Waals surface area (Å²) in [6, 6.07) is 16.7. The van der Waals surface area contributed by atoms with Crippen molar-refractivity contribution in [2.24, 2.45) is 0 Å². The van der Waals surface area contributed by atoms with Crippen LogP contribution in [0.25, 0.3) is 10.8 Å². The molecule has 0 amide bonds. The van der Waals surface area contributed by atoms with Crippen LogP contribution in [0.5, 0.6) is 0 Å². The molecule has 0 heterocycles. The van der Waals surface area contributed by atoms with Crippen LogP contribution in [0, 0.1) is 0 Å². The molecule has 1 N–H and O–H groups in total. The average molecular weight is 320 g/mol. The Morgan fingerprint density at radius 2 is 0.933 bits per heavy atom. The van der Waals surface area contributed by atoms with E-state index in [0.29, 0.717) is 0 Å². The lowest BCUT2D eigenvalue weighted by Gasteiger charge is -1.93. The van der Waals surface area contributed by atoms with E-state index in [1.54, 1.807) is 0 Å². The normalized spacial score (nSPS) is 10.7. The van der Waals surface area contributed by atoms with Crippen molar-refractivity contribution in [2.75, 3.05) is 0 Å². The summed E-state index contributed by atoms with van der Waals surface area (Å²) in [6.07, 6.45) is 0. The van der Waals surface area contributed by atoms with Crippen molar-refractivity contribution < 1.29 is 33.8 Å². The molecular weight excluding hydrogens is 311 g/mol. The molecule has 0 aliphatic carbocycles. The number of benzene rings is 2. The van der Waals surface area contributed by atoms with Crippen molar-refractivity contribution in [1.82, 2.24) is 0 Å². The molecule has 80 valence electrons. The van der Waals surface area contributed by atoms with Crippen molar-refractivity contribution in [3.05, 3.63) is 48.5 Å². The largest absolute Gasteiger partial charge is 0.368 e. The van der Waals surface area contributed by atoms with Gasteiger partial charge >= 0.3 is 20.1 Å². The number of hydrogen-bond donors (Lipinski definition) is 1. The van der Waals surface area contributed by atoms with Gasteiger partial charge in [0.2, 0.25) is 0 Å². The third-order valence-electron chi connectivity index (χ3n) is 1.66. The fourth-order valence-corrected chi connectivity index (χ4v) is 1.13. The van der Waals surface area contributed by atoms with Gasteiger partial charge < -0.3 is 0 Å². The van der Waals surface area contributed by atoms with Gasteiger partial charge in [0.05, 0.1) is 0 Å². The Hall–Kier alpha value is -0.730. The monoisotopic (exact) mass is 320 g/mol. The van der Waals surface area contributed by atoms with Crippen molar-refractivity contribution >= 4 is 10.8 Å². The Labute approximate surface area is 93.1 Å². The summed E-state index contributed by atoms with van der Waals surface area (Å²) in [5, 5.41) is 2.62. The second-order valence-corrected chi connectivity index (χ2v) is 5.00. The molecule has 0 radical (unpaired) electrons. The molecule has 0 aromatic heterocycles. The van der Waals surface area contributed by atoms with E-state index in [0.717, 1.165) is 0 Å². The molecule has 0 unspecified atom stereocenters. The Kier molecular flexibility index (Phi) is 4.43. The molecule has 2 rings (SSSR count). The van der Waals surface area contributed by atoms with Gasteiger partial charge in [0.25, 0.3) is 0 Å². The third kappa shape index (κ3) is 5.65. The van der Waals surface area contributed by atoms with Crippen molar-refractivity contribution in [3.63, 3.8) is 0 Å². The number of halogens is 1. The molecule has 0 aliphatic rings. The molecule has 2 aromatic carbocycles. The first-order valence-electron chi connectivity index (χ1n) is 4.04. The van der Waals surface area contributed by atoms with Gasteiger partial charge in [-0.05, 0) is 10.8 Å². The molecule has 5 heteroatoms. The van der Waals surface area contributed by atoms with Gasteiger partial charge in [-0.3, -0.25) is 10.3 Å². The predicted molar refractivity (Wildman–Crippen MR) is 46.2 cm³/mol. The van der Waals surface area contributed by atoms with Crippen LogP contribution in [0.1, 0.15) is 0 Å². The summed E-state index contributed by atoms with van der Waals surface area (Å²) in [6.45, 7) is 0. The van der Waals surface area contributed by atoms with Crippen molar-refractivity contribution in [2.45, 2.75) is 0 Å². The van der Waals surface area contributed by atoms with Crippen LogP contribution in [0.15, 0.2) is 48.5 Å². The highest BCUT2D eigenvalue weighted by atomic mass is 127. The standard InChI is InChI=1S/C10H8.HIO4/c1-2-6-10-8-4-3-7-9(10)5-1;2-1(3,4)5/h1-8H;2H. The topological polar surface area (TPSA) is 89.4 Å². The van der Waals surface area contributed by atoms with Crippen LogP contribution in [-0.2, 0) is 0 Å². The van der Waals surface area contributed by atoms with Crippen LogP contribution in [0.3, 0.4) is 0 Å². The summed E-state index contributed by atoms with van der Waals surface area (Å²) in [5.74, 6) is 0. The zero-order valence-electron chi connectivity index (χ0n) is 7.67. The highest BCUT2D eigenvalue weighted by Crippen LogP contribution is 2.11. The van der Waals surface area contributed by atoms with E-state index in [2.05, 4.69) is 48.5 Å². The van der Waals surface area contributed by atoms with Crippen LogP contribution < -0.4 is 30.4 Å². The Morgan fingerprint density at radius 1 is 0.733 bits per heavy atom. The maximum absolute atomic E-state index is 8.73. The fourth-order valence-electron chi connectivity index (χ4n) is 1.13. The minimum Gasteiger partial charge on any atom is -0.256 e. The summed E-state index contributed by atoms with van der Waals surface area (Å²) in [4.78, 5) is 0. The Balaban J connectivity index is 0.000000195. The fraction of sp³-hybridized carbons (Fsp3) is 0. The summed E-state index contributed by atoms with van der Waals surface area (Å²) < 4.78 is 33.2. The van der Waals surface area contributed by atoms with Crippen LogP contribution >= 0.6 is 0 Å². The van der Waals surface area contributed by atoms with E-state index in [1.807, 2.05) is 0 Å². The quantitative estimate of drug-likeness (QED) is 0.498. The molecule has 0 aliphatic heterocycles. The Bertz CT molecular complexity index is 353. The van der Waals surface area contributed by atoms with Gasteiger partial charge in [-0.1, -0.05) is 48.5 Å². The maximum atomic E-state index is 8.73. The number of rotatable bonds is 0. The highest BCUT2D eigenvalue weighted by molar-refractivity contribution is 5.81. The molecule has 0 saturated carbocycles. The molecule has 0 bridgehead atoms. The molecule has 15 heavy (non-hydrogen) atoms. The van der Waals surface area contributed by atoms with Crippen molar-refractivity contribution in [1.29, 1.82) is 0 Å². The van der Waals surface area contributed by atoms with Gasteiger partial charge in [-0.2, -0.15) is 0 Å². The average Bonchev–Trinajstić information content (AvgIpc) is 2.16. The minimum atomic E-state index is -5.69. The lowest BCUT2D eigenvalue weighted by molar-refractivity contribution is -1.92. The SMILES string of the molecule is [O-][I+3]([O-])([O-])O.c1ccc2ccccc2c1. The van der Waals surface area contributed by atoms with Gasteiger partial charge in [0, 0.05) is 3.44 Å².